The summed E-state index contributed by atoms with van der Waals surface area (Å²) in [6, 6.07) is 0.725. The molecule has 0 aromatic carbocycles. The molecule has 1 rings (SSSR count). The predicted molar refractivity (Wildman–Crippen MR) is 55.9 cm³/mol. The Balaban J connectivity index is 2.09. The van der Waals surface area contributed by atoms with E-state index in [-0.39, 0.29) is 0 Å². The third-order valence-corrected chi connectivity index (χ3v) is 3.02. The number of ether oxygens (including phenoxy) is 1. The van der Waals surface area contributed by atoms with Crippen LogP contribution in [0.2, 0.25) is 0 Å². The van der Waals surface area contributed by atoms with E-state index >= 15 is 0 Å². The lowest BCUT2D eigenvalue weighted by Crippen LogP contribution is -2.34. The SMILES string of the molecule is CCC(CC)NCC1CCOCC1. The van der Waals surface area contributed by atoms with E-state index in [4.69, 9.17) is 4.74 Å². The molecule has 0 radical (unpaired) electrons. The van der Waals surface area contributed by atoms with Gasteiger partial charge in [0, 0.05) is 19.3 Å². The molecule has 0 aromatic heterocycles. The van der Waals surface area contributed by atoms with Crippen molar-refractivity contribution in [1.82, 2.24) is 5.32 Å². The quantitative estimate of drug-likeness (QED) is 0.709. The largest absolute Gasteiger partial charge is 0.381 e. The van der Waals surface area contributed by atoms with Crippen LogP contribution in [0.15, 0.2) is 0 Å². The molecule has 1 aliphatic rings. The van der Waals surface area contributed by atoms with Crippen LogP contribution in [0.5, 0.6) is 0 Å². The van der Waals surface area contributed by atoms with Gasteiger partial charge in [0.25, 0.3) is 0 Å². The summed E-state index contributed by atoms with van der Waals surface area (Å²) in [5, 5.41) is 3.63. The molecule has 0 aliphatic carbocycles. The lowest BCUT2D eigenvalue weighted by Gasteiger charge is -2.24. The van der Waals surface area contributed by atoms with Crippen LogP contribution in [-0.2, 0) is 4.74 Å². The molecule has 0 spiro atoms. The average molecular weight is 185 g/mol. The summed E-state index contributed by atoms with van der Waals surface area (Å²) in [5.74, 6) is 0.856. The Morgan fingerprint density at radius 1 is 1.23 bits per heavy atom. The molecule has 1 heterocycles. The molecule has 0 unspecified atom stereocenters. The molecular weight excluding hydrogens is 162 g/mol. The molecule has 0 amide bonds. The van der Waals surface area contributed by atoms with Crippen LogP contribution in [0.1, 0.15) is 39.5 Å². The monoisotopic (exact) mass is 185 g/mol. The van der Waals surface area contributed by atoms with Crippen molar-refractivity contribution in [3.05, 3.63) is 0 Å². The molecule has 0 saturated carbocycles. The van der Waals surface area contributed by atoms with Gasteiger partial charge in [-0.1, -0.05) is 13.8 Å². The molecule has 1 fully saturated rings. The van der Waals surface area contributed by atoms with E-state index in [9.17, 15) is 0 Å². The van der Waals surface area contributed by atoms with Crippen molar-refractivity contribution < 1.29 is 4.74 Å². The molecule has 2 nitrogen and oxygen atoms in total. The van der Waals surface area contributed by atoms with E-state index in [1.165, 1.54) is 32.2 Å². The van der Waals surface area contributed by atoms with E-state index < -0.39 is 0 Å². The fraction of sp³-hybridized carbons (Fsp3) is 1.00. The van der Waals surface area contributed by atoms with Crippen molar-refractivity contribution in [3.63, 3.8) is 0 Å². The first kappa shape index (κ1) is 11.0. The van der Waals surface area contributed by atoms with Gasteiger partial charge in [-0.05, 0) is 38.1 Å². The lowest BCUT2D eigenvalue weighted by atomic mass is 9.99. The first-order valence-electron chi connectivity index (χ1n) is 5.68. The molecule has 0 aromatic rings. The van der Waals surface area contributed by atoms with Crippen molar-refractivity contribution in [1.29, 1.82) is 0 Å². The summed E-state index contributed by atoms with van der Waals surface area (Å²) in [6.07, 6.45) is 4.99. The molecule has 0 bridgehead atoms. The summed E-state index contributed by atoms with van der Waals surface area (Å²) in [5.41, 5.74) is 0. The number of rotatable bonds is 5. The van der Waals surface area contributed by atoms with Gasteiger partial charge in [-0.15, -0.1) is 0 Å². The maximum absolute atomic E-state index is 5.33. The number of nitrogens with one attached hydrogen (secondary N) is 1. The van der Waals surface area contributed by atoms with Crippen molar-refractivity contribution in [2.75, 3.05) is 19.8 Å². The highest BCUT2D eigenvalue weighted by Gasteiger charge is 2.14. The van der Waals surface area contributed by atoms with Gasteiger partial charge < -0.3 is 10.1 Å². The van der Waals surface area contributed by atoms with Crippen LogP contribution in [0, 0.1) is 5.92 Å². The van der Waals surface area contributed by atoms with E-state index in [2.05, 4.69) is 19.2 Å². The average Bonchev–Trinajstić information content (AvgIpc) is 2.21. The molecular formula is C11H23NO. The Morgan fingerprint density at radius 2 is 1.85 bits per heavy atom. The van der Waals surface area contributed by atoms with Crippen LogP contribution in [-0.4, -0.2) is 25.8 Å². The highest BCUT2D eigenvalue weighted by Crippen LogP contribution is 2.13. The van der Waals surface area contributed by atoms with Gasteiger partial charge in [0.05, 0.1) is 0 Å². The van der Waals surface area contributed by atoms with Crippen LogP contribution in [0.4, 0.5) is 0 Å². The molecule has 1 aliphatic heterocycles. The van der Waals surface area contributed by atoms with Crippen LogP contribution in [0.25, 0.3) is 0 Å². The predicted octanol–water partition coefficient (Wildman–Crippen LogP) is 2.19. The minimum absolute atomic E-state index is 0.725. The van der Waals surface area contributed by atoms with Gasteiger partial charge in [-0.25, -0.2) is 0 Å². The lowest BCUT2D eigenvalue weighted by molar-refractivity contribution is 0.0653. The second-order valence-corrected chi connectivity index (χ2v) is 3.98. The second-order valence-electron chi connectivity index (χ2n) is 3.98. The van der Waals surface area contributed by atoms with Crippen LogP contribution in [0.3, 0.4) is 0 Å². The third kappa shape index (κ3) is 4.10. The minimum atomic E-state index is 0.725. The summed E-state index contributed by atoms with van der Waals surface area (Å²) in [4.78, 5) is 0. The van der Waals surface area contributed by atoms with Crippen LogP contribution >= 0.6 is 0 Å². The number of hydrogen-bond acceptors (Lipinski definition) is 2. The summed E-state index contributed by atoms with van der Waals surface area (Å²) < 4.78 is 5.33. The summed E-state index contributed by atoms with van der Waals surface area (Å²) >= 11 is 0. The molecule has 0 atom stereocenters. The highest BCUT2D eigenvalue weighted by atomic mass is 16.5. The third-order valence-electron chi connectivity index (χ3n) is 3.02. The van der Waals surface area contributed by atoms with E-state index in [0.29, 0.717) is 0 Å². The second kappa shape index (κ2) is 6.39. The van der Waals surface area contributed by atoms with E-state index in [1.54, 1.807) is 0 Å². The zero-order valence-electron chi connectivity index (χ0n) is 9.01. The van der Waals surface area contributed by atoms with Gasteiger partial charge in [0.2, 0.25) is 0 Å². The molecule has 78 valence electrons. The van der Waals surface area contributed by atoms with Crippen molar-refractivity contribution >= 4 is 0 Å². The van der Waals surface area contributed by atoms with E-state index in [0.717, 1.165) is 25.2 Å². The zero-order valence-corrected chi connectivity index (χ0v) is 9.01. The smallest absolute Gasteiger partial charge is 0.0469 e. The van der Waals surface area contributed by atoms with Gasteiger partial charge in [0.15, 0.2) is 0 Å². The van der Waals surface area contributed by atoms with Gasteiger partial charge in [-0.3, -0.25) is 0 Å². The normalized spacial score (nSPS) is 19.6. The standard InChI is InChI=1S/C11H23NO/c1-3-11(4-2)12-9-10-5-7-13-8-6-10/h10-12H,3-9H2,1-2H3. The summed E-state index contributed by atoms with van der Waals surface area (Å²) in [7, 11) is 0. The fourth-order valence-corrected chi connectivity index (χ4v) is 1.86. The Labute approximate surface area is 82.0 Å². The van der Waals surface area contributed by atoms with Gasteiger partial charge in [0.1, 0.15) is 0 Å². The van der Waals surface area contributed by atoms with Crippen molar-refractivity contribution in [2.45, 2.75) is 45.6 Å². The first-order chi connectivity index (χ1) is 6.36. The van der Waals surface area contributed by atoms with Gasteiger partial charge >= 0.3 is 0 Å². The Bertz CT molecular complexity index is 117. The first-order valence-corrected chi connectivity index (χ1v) is 5.68. The number of hydrogen-bond donors (Lipinski definition) is 1. The fourth-order valence-electron chi connectivity index (χ4n) is 1.86. The zero-order chi connectivity index (χ0) is 9.52. The van der Waals surface area contributed by atoms with Gasteiger partial charge in [-0.2, -0.15) is 0 Å². The van der Waals surface area contributed by atoms with E-state index in [1.807, 2.05) is 0 Å². The maximum Gasteiger partial charge on any atom is 0.0469 e. The molecule has 1 saturated heterocycles. The summed E-state index contributed by atoms with van der Waals surface area (Å²) in [6.45, 7) is 7.64. The topological polar surface area (TPSA) is 21.3 Å². The minimum Gasteiger partial charge on any atom is -0.381 e. The Morgan fingerprint density at radius 3 is 2.38 bits per heavy atom. The Hall–Kier alpha value is -0.0800. The van der Waals surface area contributed by atoms with Crippen LogP contribution < -0.4 is 5.32 Å². The van der Waals surface area contributed by atoms with Crippen molar-refractivity contribution in [2.24, 2.45) is 5.92 Å². The van der Waals surface area contributed by atoms with Crippen molar-refractivity contribution in [3.8, 4) is 0 Å². The highest BCUT2D eigenvalue weighted by molar-refractivity contribution is 4.69. The molecule has 1 N–H and O–H groups in total. The maximum atomic E-state index is 5.33. The molecule has 13 heavy (non-hydrogen) atoms. The Kier molecular flexibility index (Phi) is 5.40. The molecule has 2 heteroatoms.